The van der Waals surface area contributed by atoms with Crippen molar-refractivity contribution < 1.29 is 9.18 Å². The van der Waals surface area contributed by atoms with Gasteiger partial charge in [-0.1, -0.05) is 0 Å². The third kappa shape index (κ3) is 2.84. The summed E-state index contributed by atoms with van der Waals surface area (Å²) in [7, 11) is 0. The summed E-state index contributed by atoms with van der Waals surface area (Å²) in [6.45, 7) is 1.77. The number of carbonyl (C=O) groups excluding carboxylic acids is 1. The summed E-state index contributed by atoms with van der Waals surface area (Å²) >= 11 is 1.98. The first-order valence-corrected chi connectivity index (χ1v) is 6.34. The number of nitrogens with one attached hydrogen (secondary N) is 1. The van der Waals surface area contributed by atoms with E-state index in [2.05, 4.69) is 10.3 Å². The number of pyridine rings is 1. The van der Waals surface area contributed by atoms with Gasteiger partial charge in [0.2, 0.25) is 0 Å². The molecule has 0 unspecified atom stereocenters. The predicted molar refractivity (Wildman–Crippen MR) is 76.0 cm³/mol. The largest absolute Gasteiger partial charge is 0.321 e. The third-order valence-electron chi connectivity index (χ3n) is 2.43. The second kappa shape index (κ2) is 5.43. The van der Waals surface area contributed by atoms with Gasteiger partial charge >= 0.3 is 0 Å². The van der Waals surface area contributed by atoms with E-state index in [1.165, 1.54) is 12.1 Å². The number of halogens is 2. The maximum absolute atomic E-state index is 12.9. The molecule has 92 valence electrons. The van der Waals surface area contributed by atoms with Crippen LogP contribution in [0.4, 0.5) is 10.1 Å². The van der Waals surface area contributed by atoms with Crippen LogP contribution in [0.25, 0.3) is 0 Å². The molecule has 3 nitrogen and oxygen atoms in total. The van der Waals surface area contributed by atoms with Crippen molar-refractivity contribution in [3.63, 3.8) is 0 Å². The first-order valence-electron chi connectivity index (χ1n) is 5.26. The predicted octanol–water partition coefficient (Wildman–Crippen LogP) is 3.39. The van der Waals surface area contributed by atoms with Crippen LogP contribution in [0.5, 0.6) is 0 Å². The molecular formula is C13H10FIN2O. The van der Waals surface area contributed by atoms with Crippen LogP contribution in [0.3, 0.4) is 0 Å². The number of hydrogen-bond acceptors (Lipinski definition) is 2. The van der Waals surface area contributed by atoms with Gasteiger partial charge in [0.15, 0.2) is 0 Å². The fourth-order valence-corrected chi connectivity index (χ4v) is 2.12. The van der Waals surface area contributed by atoms with Crippen molar-refractivity contribution in [2.45, 2.75) is 6.92 Å². The monoisotopic (exact) mass is 356 g/mol. The topological polar surface area (TPSA) is 42.0 Å². The van der Waals surface area contributed by atoms with Gasteiger partial charge in [0.25, 0.3) is 5.91 Å². The minimum absolute atomic E-state index is 0.245. The number of amides is 1. The van der Waals surface area contributed by atoms with E-state index in [1.54, 1.807) is 31.3 Å². The summed E-state index contributed by atoms with van der Waals surface area (Å²) in [6, 6.07) is 7.63. The summed E-state index contributed by atoms with van der Waals surface area (Å²) in [6.07, 6.45) is 1.63. The molecule has 1 amide bonds. The molecule has 0 atom stereocenters. The van der Waals surface area contributed by atoms with Crippen molar-refractivity contribution in [2.24, 2.45) is 0 Å². The Morgan fingerprint density at radius 1 is 1.39 bits per heavy atom. The lowest BCUT2D eigenvalue weighted by Gasteiger charge is -2.08. The highest BCUT2D eigenvalue weighted by Gasteiger charge is 2.11. The number of rotatable bonds is 2. The Kier molecular flexibility index (Phi) is 3.90. The van der Waals surface area contributed by atoms with Gasteiger partial charge in [-0.05, 0) is 59.8 Å². The summed E-state index contributed by atoms with van der Waals surface area (Å²) in [5, 5.41) is 2.74. The molecule has 0 fully saturated rings. The number of benzene rings is 1. The summed E-state index contributed by atoms with van der Waals surface area (Å²) in [4.78, 5) is 16.1. The van der Waals surface area contributed by atoms with Crippen LogP contribution in [-0.4, -0.2) is 10.9 Å². The van der Waals surface area contributed by atoms with Gasteiger partial charge < -0.3 is 5.32 Å². The lowest BCUT2D eigenvalue weighted by molar-refractivity contribution is 0.102. The standard InChI is InChI=1S/C13H10FIN2O/c1-8-10(3-2-6-16-8)13(18)17-12-5-4-9(14)7-11(12)15/h2-7H,1H3,(H,17,18). The van der Waals surface area contributed by atoms with Crippen molar-refractivity contribution in [3.05, 3.63) is 57.2 Å². The molecule has 1 heterocycles. The van der Waals surface area contributed by atoms with E-state index in [4.69, 9.17) is 0 Å². The van der Waals surface area contributed by atoms with E-state index < -0.39 is 0 Å². The highest BCUT2D eigenvalue weighted by atomic mass is 127. The van der Waals surface area contributed by atoms with Gasteiger partial charge in [0.05, 0.1) is 11.3 Å². The van der Waals surface area contributed by atoms with Gasteiger partial charge in [0, 0.05) is 15.5 Å². The molecule has 1 aromatic carbocycles. The maximum Gasteiger partial charge on any atom is 0.257 e. The third-order valence-corrected chi connectivity index (χ3v) is 3.32. The van der Waals surface area contributed by atoms with E-state index in [1.807, 2.05) is 22.6 Å². The number of aryl methyl sites for hydroxylation is 1. The smallest absolute Gasteiger partial charge is 0.257 e. The quantitative estimate of drug-likeness (QED) is 0.839. The van der Waals surface area contributed by atoms with Crippen LogP contribution < -0.4 is 5.32 Å². The Labute approximate surface area is 118 Å². The maximum atomic E-state index is 12.9. The van der Waals surface area contributed by atoms with Crippen molar-refractivity contribution in [1.82, 2.24) is 4.98 Å². The zero-order chi connectivity index (χ0) is 13.1. The molecule has 2 aromatic rings. The molecule has 5 heteroatoms. The van der Waals surface area contributed by atoms with E-state index >= 15 is 0 Å². The molecule has 0 saturated carbocycles. The van der Waals surface area contributed by atoms with E-state index in [0.29, 0.717) is 20.5 Å². The summed E-state index contributed by atoms with van der Waals surface area (Å²) in [5.41, 5.74) is 1.76. The fraction of sp³-hybridized carbons (Fsp3) is 0.0769. The Morgan fingerprint density at radius 3 is 2.83 bits per heavy atom. The molecule has 1 N–H and O–H groups in total. The van der Waals surface area contributed by atoms with Crippen LogP contribution in [0.2, 0.25) is 0 Å². The normalized spacial score (nSPS) is 10.2. The molecule has 2 rings (SSSR count). The number of hydrogen-bond donors (Lipinski definition) is 1. The molecule has 0 radical (unpaired) electrons. The van der Waals surface area contributed by atoms with Crippen LogP contribution in [0, 0.1) is 16.3 Å². The number of carbonyl (C=O) groups is 1. The zero-order valence-electron chi connectivity index (χ0n) is 9.58. The van der Waals surface area contributed by atoms with Gasteiger partial charge in [-0.3, -0.25) is 9.78 Å². The van der Waals surface area contributed by atoms with E-state index in [9.17, 15) is 9.18 Å². The van der Waals surface area contributed by atoms with Crippen LogP contribution in [0.15, 0.2) is 36.5 Å². The highest BCUT2D eigenvalue weighted by Crippen LogP contribution is 2.20. The Balaban J connectivity index is 2.24. The number of anilines is 1. The molecule has 1 aromatic heterocycles. The van der Waals surface area contributed by atoms with Gasteiger partial charge in [-0.2, -0.15) is 0 Å². The molecular weight excluding hydrogens is 346 g/mol. The Morgan fingerprint density at radius 2 is 2.17 bits per heavy atom. The first-order chi connectivity index (χ1) is 8.58. The number of nitrogens with zero attached hydrogens (tertiary/aromatic N) is 1. The van der Waals surface area contributed by atoms with Gasteiger partial charge in [0.1, 0.15) is 5.82 Å². The van der Waals surface area contributed by atoms with Crippen molar-refractivity contribution in [1.29, 1.82) is 0 Å². The zero-order valence-corrected chi connectivity index (χ0v) is 11.7. The molecule has 0 aliphatic heterocycles. The van der Waals surface area contributed by atoms with Gasteiger partial charge in [-0.25, -0.2) is 4.39 Å². The SMILES string of the molecule is Cc1ncccc1C(=O)Nc1ccc(F)cc1I. The van der Waals surface area contributed by atoms with Crippen LogP contribution >= 0.6 is 22.6 Å². The second-order valence-corrected chi connectivity index (χ2v) is 4.88. The Hall–Kier alpha value is -1.50. The van der Waals surface area contributed by atoms with E-state index in [-0.39, 0.29) is 11.7 Å². The second-order valence-electron chi connectivity index (χ2n) is 3.71. The van der Waals surface area contributed by atoms with Crippen molar-refractivity contribution >= 4 is 34.2 Å². The van der Waals surface area contributed by atoms with Crippen molar-refractivity contribution in [2.75, 3.05) is 5.32 Å². The number of aromatic nitrogens is 1. The molecule has 0 saturated heterocycles. The molecule has 0 aliphatic carbocycles. The molecule has 0 aliphatic rings. The summed E-state index contributed by atoms with van der Waals surface area (Å²) in [5.74, 6) is -0.569. The average Bonchev–Trinajstić information content (AvgIpc) is 2.33. The fourth-order valence-electron chi connectivity index (χ4n) is 1.50. The average molecular weight is 356 g/mol. The molecule has 18 heavy (non-hydrogen) atoms. The highest BCUT2D eigenvalue weighted by molar-refractivity contribution is 14.1. The lowest BCUT2D eigenvalue weighted by atomic mass is 10.2. The summed E-state index contributed by atoms with van der Waals surface area (Å²) < 4.78 is 13.6. The molecule has 0 bridgehead atoms. The van der Waals surface area contributed by atoms with Crippen LogP contribution in [0.1, 0.15) is 16.1 Å². The Bertz CT molecular complexity index is 601. The first kappa shape index (κ1) is 12.9. The van der Waals surface area contributed by atoms with E-state index in [0.717, 1.165) is 0 Å². The van der Waals surface area contributed by atoms with Crippen LogP contribution in [-0.2, 0) is 0 Å². The lowest BCUT2D eigenvalue weighted by Crippen LogP contribution is -2.14. The minimum atomic E-state index is -0.324. The minimum Gasteiger partial charge on any atom is -0.321 e. The molecule has 0 spiro atoms. The van der Waals surface area contributed by atoms with Crippen molar-refractivity contribution in [3.8, 4) is 0 Å². The van der Waals surface area contributed by atoms with Gasteiger partial charge in [-0.15, -0.1) is 0 Å².